The van der Waals surface area contributed by atoms with Gasteiger partial charge >= 0.3 is 6.18 Å². The van der Waals surface area contributed by atoms with Crippen molar-refractivity contribution >= 4 is 15.9 Å². The van der Waals surface area contributed by atoms with Gasteiger partial charge in [0.2, 0.25) is 15.9 Å². The average Bonchev–Trinajstić information content (AvgIpc) is 2.88. The number of sulfonamides is 1. The Morgan fingerprint density at radius 1 is 1.22 bits per heavy atom. The quantitative estimate of drug-likeness (QED) is 0.798. The Labute approximate surface area is 132 Å². The van der Waals surface area contributed by atoms with Crippen LogP contribution in [-0.4, -0.2) is 38.9 Å². The molecule has 1 amide bonds. The number of hydrogen-bond donors (Lipinski definition) is 1. The standard InChI is InChI=1S/C14H17F3N2O3S/c15-14(16,17)11-5-1-2-6-12(11)23(21,22)18-8-4-10-19-9-3-7-13(19)20/h1-2,5-6,18H,3-4,7-10H2. The summed E-state index contributed by atoms with van der Waals surface area (Å²) in [5.41, 5.74) is -1.19. The van der Waals surface area contributed by atoms with Crippen molar-refractivity contribution in [2.45, 2.75) is 30.3 Å². The zero-order valence-corrected chi connectivity index (χ0v) is 13.1. The van der Waals surface area contributed by atoms with Crippen LogP contribution >= 0.6 is 0 Å². The first-order valence-electron chi connectivity index (χ1n) is 7.15. The van der Waals surface area contributed by atoms with Crippen LogP contribution in [0.4, 0.5) is 13.2 Å². The summed E-state index contributed by atoms with van der Waals surface area (Å²) in [7, 11) is -4.26. The molecule has 9 heteroatoms. The second-order valence-electron chi connectivity index (χ2n) is 5.23. The highest BCUT2D eigenvalue weighted by Gasteiger charge is 2.36. The van der Waals surface area contributed by atoms with Gasteiger partial charge in [0.1, 0.15) is 0 Å². The van der Waals surface area contributed by atoms with Crippen molar-refractivity contribution in [1.82, 2.24) is 9.62 Å². The number of nitrogens with zero attached hydrogens (tertiary/aromatic N) is 1. The molecule has 0 bridgehead atoms. The summed E-state index contributed by atoms with van der Waals surface area (Å²) in [6.07, 6.45) is -3.12. The van der Waals surface area contributed by atoms with Crippen molar-refractivity contribution in [1.29, 1.82) is 0 Å². The van der Waals surface area contributed by atoms with E-state index in [-0.39, 0.29) is 12.5 Å². The topological polar surface area (TPSA) is 66.5 Å². The number of amides is 1. The van der Waals surface area contributed by atoms with Gasteiger partial charge in [-0.25, -0.2) is 13.1 Å². The lowest BCUT2D eigenvalue weighted by Gasteiger charge is -2.16. The van der Waals surface area contributed by atoms with Crippen molar-refractivity contribution in [3.05, 3.63) is 29.8 Å². The molecule has 1 aliphatic heterocycles. The predicted molar refractivity (Wildman–Crippen MR) is 77.1 cm³/mol. The smallest absolute Gasteiger partial charge is 0.343 e. The van der Waals surface area contributed by atoms with Crippen LogP contribution in [0.5, 0.6) is 0 Å². The monoisotopic (exact) mass is 350 g/mol. The van der Waals surface area contributed by atoms with Crippen LogP contribution in [0, 0.1) is 0 Å². The summed E-state index contributed by atoms with van der Waals surface area (Å²) in [6, 6.07) is 4.04. The van der Waals surface area contributed by atoms with E-state index in [2.05, 4.69) is 4.72 Å². The Morgan fingerprint density at radius 3 is 2.52 bits per heavy atom. The zero-order chi connectivity index (χ0) is 17.1. The molecule has 0 unspecified atom stereocenters. The molecule has 23 heavy (non-hydrogen) atoms. The summed E-state index contributed by atoms with van der Waals surface area (Å²) < 4.78 is 64.9. The average molecular weight is 350 g/mol. The van der Waals surface area contributed by atoms with Crippen LogP contribution in [0.3, 0.4) is 0 Å². The largest absolute Gasteiger partial charge is 0.417 e. The summed E-state index contributed by atoms with van der Waals surface area (Å²) in [5.74, 6) is 0.0234. The first kappa shape index (κ1) is 17.7. The van der Waals surface area contributed by atoms with Crippen LogP contribution < -0.4 is 4.72 Å². The van der Waals surface area contributed by atoms with Gasteiger partial charge in [-0.2, -0.15) is 13.2 Å². The fourth-order valence-electron chi connectivity index (χ4n) is 2.43. The lowest BCUT2D eigenvalue weighted by molar-refractivity contribution is -0.139. The van der Waals surface area contributed by atoms with E-state index < -0.39 is 26.7 Å². The van der Waals surface area contributed by atoms with Crippen molar-refractivity contribution in [3.8, 4) is 0 Å². The van der Waals surface area contributed by atoms with Crippen molar-refractivity contribution in [2.75, 3.05) is 19.6 Å². The molecule has 0 spiro atoms. The molecule has 1 aliphatic rings. The number of likely N-dealkylation sites (tertiary alicyclic amines) is 1. The van der Waals surface area contributed by atoms with Gasteiger partial charge in [0, 0.05) is 26.1 Å². The third-order valence-corrected chi connectivity index (χ3v) is 5.07. The number of halogens is 3. The van der Waals surface area contributed by atoms with E-state index in [4.69, 9.17) is 0 Å². The van der Waals surface area contributed by atoms with Crippen LogP contribution in [0.25, 0.3) is 0 Å². The molecular formula is C14H17F3N2O3S. The van der Waals surface area contributed by atoms with E-state index in [1.165, 1.54) is 6.07 Å². The van der Waals surface area contributed by atoms with Gasteiger partial charge in [-0.3, -0.25) is 4.79 Å². The fraction of sp³-hybridized carbons (Fsp3) is 0.500. The van der Waals surface area contributed by atoms with Crippen LogP contribution in [0.15, 0.2) is 29.2 Å². The molecule has 5 nitrogen and oxygen atoms in total. The van der Waals surface area contributed by atoms with E-state index in [1.807, 2.05) is 0 Å². The molecule has 0 radical (unpaired) electrons. The maximum atomic E-state index is 12.9. The van der Waals surface area contributed by atoms with E-state index in [9.17, 15) is 26.4 Å². The number of nitrogens with one attached hydrogen (secondary N) is 1. The second-order valence-corrected chi connectivity index (χ2v) is 6.96. The lowest BCUT2D eigenvalue weighted by Crippen LogP contribution is -2.31. The first-order valence-corrected chi connectivity index (χ1v) is 8.64. The number of carbonyl (C=O) groups is 1. The van der Waals surface area contributed by atoms with Gasteiger partial charge < -0.3 is 4.90 Å². The molecule has 1 heterocycles. The Bertz CT molecular complexity index is 674. The highest BCUT2D eigenvalue weighted by molar-refractivity contribution is 7.89. The highest BCUT2D eigenvalue weighted by Crippen LogP contribution is 2.33. The van der Waals surface area contributed by atoms with Crippen molar-refractivity contribution < 1.29 is 26.4 Å². The molecule has 128 valence electrons. The summed E-state index contributed by atoms with van der Waals surface area (Å²) >= 11 is 0. The Hall–Kier alpha value is -1.61. The van der Waals surface area contributed by atoms with Gasteiger partial charge in [0.05, 0.1) is 10.5 Å². The van der Waals surface area contributed by atoms with E-state index in [0.717, 1.165) is 24.6 Å². The molecule has 1 aromatic rings. The van der Waals surface area contributed by atoms with Gasteiger partial charge in [-0.1, -0.05) is 12.1 Å². The van der Waals surface area contributed by atoms with Crippen LogP contribution in [0.2, 0.25) is 0 Å². The number of alkyl halides is 3. The fourth-order valence-corrected chi connectivity index (χ4v) is 3.73. The number of benzene rings is 1. The lowest BCUT2D eigenvalue weighted by atomic mass is 10.2. The van der Waals surface area contributed by atoms with Gasteiger partial charge in [-0.05, 0) is 25.0 Å². The van der Waals surface area contributed by atoms with E-state index in [0.29, 0.717) is 25.9 Å². The molecule has 1 saturated heterocycles. The molecule has 0 atom stereocenters. The van der Waals surface area contributed by atoms with E-state index in [1.54, 1.807) is 4.90 Å². The summed E-state index contributed by atoms with van der Waals surface area (Å²) in [5, 5.41) is 0. The van der Waals surface area contributed by atoms with Gasteiger partial charge in [0.25, 0.3) is 0 Å². The molecule has 1 fully saturated rings. The Balaban J connectivity index is 1.98. The minimum atomic E-state index is -4.74. The SMILES string of the molecule is O=C1CCCN1CCCNS(=O)(=O)c1ccccc1C(F)(F)F. The maximum Gasteiger partial charge on any atom is 0.417 e. The van der Waals surface area contributed by atoms with Gasteiger partial charge in [-0.15, -0.1) is 0 Å². The van der Waals surface area contributed by atoms with Crippen LogP contribution in [0.1, 0.15) is 24.8 Å². The highest BCUT2D eigenvalue weighted by atomic mass is 32.2. The Kier molecular flexibility index (Phi) is 5.30. The van der Waals surface area contributed by atoms with Crippen molar-refractivity contribution in [3.63, 3.8) is 0 Å². The second kappa shape index (κ2) is 6.88. The number of carbonyl (C=O) groups excluding carboxylic acids is 1. The first-order chi connectivity index (χ1) is 10.7. The third-order valence-electron chi connectivity index (χ3n) is 3.55. The maximum absolute atomic E-state index is 12.9. The third kappa shape index (κ3) is 4.44. The molecule has 0 saturated carbocycles. The molecule has 1 aromatic carbocycles. The normalized spacial score (nSPS) is 16.1. The van der Waals surface area contributed by atoms with E-state index >= 15 is 0 Å². The summed E-state index contributed by atoms with van der Waals surface area (Å²) in [6.45, 7) is 1.00. The zero-order valence-electron chi connectivity index (χ0n) is 12.3. The predicted octanol–water partition coefficient (Wildman–Crippen LogP) is 2.00. The number of hydrogen-bond acceptors (Lipinski definition) is 3. The van der Waals surface area contributed by atoms with Crippen LogP contribution in [-0.2, 0) is 21.0 Å². The van der Waals surface area contributed by atoms with Gasteiger partial charge in [0.15, 0.2) is 0 Å². The molecule has 2 rings (SSSR count). The minimum Gasteiger partial charge on any atom is -0.343 e. The molecule has 1 N–H and O–H groups in total. The summed E-state index contributed by atoms with van der Waals surface area (Å²) in [4.78, 5) is 12.2. The number of rotatable bonds is 6. The molecule has 0 aromatic heterocycles. The minimum absolute atomic E-state index is 0.0234. The van der Waals surface area contributed by atoms with Crippen molar-refractivity contribution in [2.24, 2.45) is 0 Å². The molecule has 0 aliphatic carbocycles. The Morgan fingerprint density at radius 2 is 1.91 bits per heavy atom. The molecular weight excluding hydrogens is 333 g/mol.